The molecule has 174 valence electrons. The van der Waals surface area contributed by atoms with Crippen molar-refractivity contribution in [3.8, 4) is 5.75 Å². The largest absolute Gasteiger partial charge is 0.421 e. The molecule has 7 nitrogen and oxygen atoms in total. The van der Waals surface area contributed by atoms with Crippen molar-refractivity contribution in [1.29, 1.82) is 0 Å². The van der Waals surface area contributed by atoms with Gasteiger partial charge in [0.2, 0.25) is 0 Å². The lowest BCUT2D eigenvalue weighted by Gasteiger charge is -2.11. The van der Waals surface area contributed by atoms with Gasteiger partial charge in [0, 0.05) is 19.0 Å². The fraction of sp³-hybridized carbons (Fsp3) is 0.0435. The molecule has 11 heteroatoms. The van der Waals surface area contributed by atoms with Gasteiger partial charge >= 0.3 is 5.97 Å². The molecule has 0 aliphatic heterocycles. The lowest BCUT2D eigenvalue weighted by atomic mass is 10.2. The SMILES string of the molecule is O=C(CNC(=O)c1ccccc1Br)NN=Cc1cc(Br)cc(Br)c1OC(=O)c1ccccc1Br. The number of nitrogens with zero attached hydrogens (tertiary/aromatic N) is 1. The van der Waals surface area contributed by atoms with E-state index in [1.165, 1.54) is 6.21 Å². The van der Waals surface area contributed by atoms with Crippen LogP contribution < -0.4 is 15.5 Å². The van der Waals surface area contributed by atoms with Gasteiger partial charge in [0.15, 0.2) is 5.75 Å². The highest BCUT2D eigenvalue weighted by Crippen LogP contribution is 2.33. The quantitative estimate of drug-likeness (QED) is 0.139. The van der Waals surface area contributed by atoms with E-state index in [0.717, 1.165) is 0 Å². The zero-order valence-corrected chi connectivity index (χ0v) is 23.5. The van der Waals surface area contributed by atoms with Crippen LogP contribution in [-0.2, 0) is 4.79 Å². The van der Waals surface area contributed by atoms with Crippen LogP contribution in [-0.4, -0.2) is 30.5 Å². The number of nitrogens with one attached hydrogen (secondary N) is 2. The summed E-state index contributed by atoms with van der Waals surface area (Å²) >= 11 is 13.4. The number of amides is 2. The highest BCUT2D eigenvalue weighted by Gasteiger charge is 2.17. The van der Waals surface area contributed by atoms with Gasteiger partial charge in [-0.25, -0.2) is 10.2 Å². The molecule has 2 amide bonds. The van der Waals surface area contributed by atoms with Crippen molar-refractivity contribution in [2.45, 2.75) is 0 Å². The molecule has 0 spiro atoms. The highest BCUT2D eigenvalue weighted by molar-refractivity contribution is 9.11. The molecule has 0 bridgehead atoms. The predicted molar refractivity (Wildman–Crippen MR) is 143 cm³/mol. The summed E-state index contributed by atoms with van der Waals surface area (Å²) in [5.41, 5.74) is 3.54. The summed E-state index contributed by atoms with van der Waals surface area (Å²) in [6, 6.07) is 17.2. The Labute approximate surface area is 228 Å². The number of rotatable bonds is 7. The molecule has 0 heterocycles. The molecular weight excluding hydrogens is 702 g/mol. The smallest absolute Gasteiger partial charge is 0.344 e. The molecule has 0 saturated carbocycles. The Bertz CT molecular complexity index is 1280. The molecular formula is C23H15Br4N3O4. The van der Waals surface area contributed by atoms with Gasteiger partial charge in [0.25, 0.3) is 11.8 Å². The summed E-state index contributed by atoms with van der Waals surface area (Å²) in [7, 11) is 0. The number of esters is 1. The first-order valence-corrected chi connectivity index (χ1v) is 12.7. The van der Waals surface area contributed by atoms with Crippen LogP contribution in [0, 0.1) is 0 Å². The van der Waals surface area contributed by atoms with E-state index in [2.05, 4.69) is 79.6 Å². The third kappa shape index (κ3) is 7.08. The van der Waals surface area contributed by atoms with Gasteiger partial charge in [0.1, 0.15) is 0 Å². The summed E-state index contributed by atoms with van der Waals surface area (Å²) in [6.45, 7) is -0.274. The Balaban J connectivity index is 1.66. The number of carbonyl (C=O) groups excluding carboxylic acids is 3. The van der Waals surface area contributed by atoms with Crippen LogP contribution in [0.5, 0.6) is 5.75 Å². The minimum atomic E-state index is -0.566. The summed E-state index contributed by atoms with van der Waals surface area (Å²) < 4.78 is 8.02. The fourth-order valence-electron chi connectivity index (χ4n) is 2.67. The summed E-state index contributed by atoms with van der Waals surface area (Å²) in [5, 5.41) is 6.45. The lowest BCUT2D eigenvalue weighted by Crippen LogP contribution is -2.35. The first kappa shape index (κ1) is 26.3. The minimum Gasteiger partial charge on any atom is -0.421 e. The Morgan fingerprint density at radius 2 is 1.47 bits per heavy atom. The first-order chi connectivity index (χ1) is 16.3. The Morgan fingerprint density at radius 3 is 2.12 bits per heavy atom. The number of hydrogen-bond acceptors (Lipinski definition) is 5. The number of ether oxygens (including phenoxy) is 1. The highest BCUT2D eigenvalue weighted by atomic mass is 79.9. The van der Waals surface area contributed by atoms with Gasteiger partial charge in [-0.3, -0.25) is 9.59 Å². The second-order valence-corrected chi connectivity index (χ2v) is 10.1. The van der Waals surface area contributed by atoms with Crippen LogP contribution in [0.15, 0.2) is 83.7 Å². The molecule has 0 radical (unpaired) electrons. The van der Waals surface area contributed by atoms with Gasteiger partial charge < -0.3 is 10.1 Å². The van der Waals surface area contributed by atoms with E-state index in [1.807, 2.05) is 0 Å². The van der Waals surface area contributed by atoms with E-state index >= 15 is 0 Å². The molecule has 0 aliphatic carbocycles. The molecule has 0 aliphatic rings. The van der Waals surface area contributed by atoms with E-state index in [-0.39, 0.29) is 12.3 Å². The summed E-state index contributed by atoms with van der Waals surface area (Å²) in [6.07, 6.45) is 1.34. The maximum Gasteiger partial charge on any atom is 0.344 e. The maximum absolute atomic E-state index is 12.7. The maximum atomic E-state index is 12.7. The van der Waals surface area contributed by atoms with Crippen molar-refractivity contribution >= 4 is 87.7 Å². The van der Waals surface area contributed by atoms with Crippen molar-refractivity contribution < 1.29 is 19.1 Å². The Kier molecular flexibility index (Phi) is 9.57. The standard InChI is InChI=1S/C23H15Br4N3O4/c24-14-9-13(21(19(27)10-14)34-23(33)16-6-2-4-8-18(16)26)11-29-30-20(31)12-28-22(32)15-5-1-3-7-17(15)25/h1-11H,12H2,(H,28,32)(H,30,31). The zero-order chi connectivity index (χ0) is 24.7. The Morgan fingerprint density at radius 1 is 0.853 bits per heavy atom. The summed E-state index contributed by atoms with van der Waals surface area (Å²) in [4.78, 5) is 37.0. The van der Waals surface area contributed by atoms with Gasteiger partial charge in [0.05, 0.1) is 28.4 Å². The average molecular weight is 717 g/mol. The average Bonchev–Trinajstić information content (AvgIpc) is 2.80. The molecule has 0 aromatic heterocycles. The molecule has 34 heavy (non-hydrogen) atoms. The number of carbonyl (C=O) groups is 3. The van der Waals surface area contributed by atoms with Gasteiger partial charge in [-0.15, -0.1) is 0 Å². The molecule has 3 aromatic carbocycles. The van der Waals surface area contributed by atoms with Gasteiger partial charge in [-0.1, -0.05) is 40.2 Å². The first-order valence-electron chi connectivity index (χ1n) is 9.56. The second kappa shape index (κ2) is 12.4. The van der Waals surface area contributed by atoms with E-state index in [9.17, 15) is 14.4 Å². The second-order valence-electron chi connectivity index (χ2n) is 6.63. The van der Waals surface area contributed by atoms with Gasteiger partial charge in [-0.2, -0.15) is 5.10 Å². The van der Waals surface area contributed by atoms with Crippen LogP contribution in [0.1, 0.15) is 26.3 Å². The van der Waals surface area contributed by atoms with Crippen LogP contribution >= 0.6 is 63.7 Å². The lowest BCUT2D eigenvalue weighted by molar-refractivity contribution is -0.120. The normalized spacial score (nSPS) is 10.7. The van der Waals surface area contributed by atoms with E-state index in [4.69, 9.17) is 4.74 Å². The number of halogens is 4. The predicted octanol–water partition coefficient (Wildman–Crippen LogP) is 5.84. The van der Waals surface area contributed by atoms with Crippen LogP contribution in [0.3, 0.4) is 0 Å². The van der Waals surface area contributed by atoms with Crippen molar-refractivity contribution in [3.05, 3.63) is 95.2 Å². The fourth-order valence-corrected chi connectivity index (χ4v) is 4.92. The molecule has 3 rings (SSSR count). The minimum absolute atomic E-state index is 0.226. The van der Waals surface area contributed by atoms with Crippen molar-refractivity contribution in [1.82, 2.24) is 10.7 Å². The zero-order valence-electron chi connectivity index (χ0n) is 17.2. The molecule has 3 aromatic rings. The van der Waals surface area contributed by atoms with E-state index in [1.54, 1.807) is 60.7 Å². The molecule has 2 N–H and O–H groups in total. The van der Waals surface area contributed by atoms with Crippen LogP contribution in [0.2, 0.25) is 0 Å². The number of hydrazone groups is 1. The van der Waals surface area contributed by atoms with Crippen molar-refractivity contribution in [3.63, 3.8) is 0 Å². The van der Waals surface area contributed by atoms with Crippen molar-refractivity contribution in [2.24, 2.45) is 5.10 Å². The molecule has 0 saturated heterocycles. The third-order valence-corrected chi connectivity index (χ3v) is 6.68. The number of benzene rings is 3. The topological polar surface area (TPSA) is 96.9 Å². The molecule has 0 unspecified atom stereocenters. The van der Waals surface area contributed by atoms with Crippen LogP contribution in [0.4, 0.5) is 0 Å². The van der Waals surface area contributed by atoms with E-state index < -0.39 is 17.8 Å². The van der Waals surface area contributed by atoms with Crippen molar-refractivity contribution in [2.75, 3.05) is 6.54 Å². The number of hydrogen-bond donors (Lipinski definition) is 2. The molecule has 0 fully saturated rings. The third-order valence-electron chi connectivity index (χ3n) is 4.25. The van der Waals surface area contributed by atoms with E-state index in [0.29, 0.717) is 34.6 Å². The molecule has 0 atom stereocenters. The van der Waals surface area contributed by atoms with Crippen LogP contribution in [0.25, 0.3) is 0 Å². The van der Waals surface area contributed by atoms with Gasteiger partial charge in [-0.05, 0) is 84.2 Å². The monoisotopic (exact) mass is 713 g/mol. The summed E-state index contributed by atoms with van der Waals surface area (Å²) in [5.74, 6) is -1.27. The Hall–Kier alpha value is -2.34.